The first-order valence-corrected chi connectivity index (χ1v) is 11.9. The van der Waals surface area contributed by atoms with Gasteiger partial charge in [0, 0.05) is 17.7 Å². The Hall–Kier alpha value is -5.92. The summed E-state index contributed by atoms with van der Waals surface area (Å²) in [4.78, 5) is 77.1. The van der Waals surface area contributed by atoms with Crippen molar-refractivity contribution >= 4 is 51.2 Å². The Morgan fingerprint density at radius 1 is 0.810 bits per heavy atom. The van der Waals surface area contributed by atoms with Crippen LogP contribution in [0.5, 0.6) is 28.7 Å². The first-order chi connectivity index (χ1) is 19.7. The Morgan fingerprint density at radius 2 is 1.40 bits per heavy atom. The summed E-state index contributed by atoms with van der Waals surface area (Å²) in [5.41, 5.74) is -5.87. The number of aromatic hydroxyl groups is 4. The number of carboxylic acid groups (broad SMARTS) is 2. The van der Waals surface area contributed by atoms with Gasteiger partial charge >= 0.3 is 11.9 Å². The summed E-state index contributed by atoms with van der Waals surface area (Å²) < 4.78 is 11.3. The molecule has 0 amide bonds. The lowest BCUT2D eigenvalue weighted by Gasteiger charge is -2.28. The van der Waals surface area contributed by atoms with Crippen molar-refractivity contribution < 1.29 is 63.8 Å². The van der Waals surface area contributed by atoms with E-state index in [1.54, 1.807) is 0 Å². The number of rotatable bonds is 5. The van der Waals surface area contributed by atoms with Crippen molar-refractivity contribution in [2.24, 2.45) is 0 Å². The van der Waals surface area contributed by atoms with Crippen molar-refractivity contribution in [3.63, 3.8) is 0 Å². The molecule has 0 saturated carbocycles. The second-order valence-corrected chi connectivity index (χ2v) is 9.46. The van der Waals surface area contributed by atoms with Crippen LogP contribution in [0.25, 0.3) is 21.9 Å². The molecule has 4 aromatic rings. The van der Waals surface area contributed by atoms with Gasteiger partial charge in [-0.05, 0) is 25.5 Å². The molecule has 6 N–H and O–H groups in total. The molecule has 5 rings (SSSR count). The van der Waals surface area contributed by atoms with Crippen LogP contribution >= 0.6 is 0 Å². The van der Waals surface area contributed by atoms with Crippen LogP contribution in [-0.4, -0.2) is 66.5 Å². The molecule has 0 aliphatic carbocycles. The van der Waals surface area contributed by atoms with Gasteiger partial charge in [0.15, 0.2) is 40.3 Å². The second kappa shape index (κ2) is 9.33. The summed E-state index contributed by atoms with van der Waals surface area (Å²) in [7, 11) is 0. The number of hydrogen-bond acceptors (Lipinski definition) is 12. The highest BCUT2D eigenvalue weighted by molar-refractivity contribution is 6.18. The van der Waals surface area contributed by atoms with Gasteiger partial charge in [-0.1, -0.05) is 0 Å². The predicted molar refractivity (Wildman–Crippen MR) is 140 cm³/mol. The largest absolute Gasteiger partial charge is 0.504 e. The molecule has 1 atom stereocenters. The molecule has 14 heteroatoms. The molecule has 14 nitrogen and oxygen atoms in total. The minimum atomic E-state index is -1.79. The third kappa shape index (κ3) is 3.80. The Morgan fingerprint density at radius 3 is 1.98 bits per heavy atom. The van der Waals surface area contributed by atoms with Gasteiger partial charge in [0.1, 0.15) is 34.6 Å². The van der Waals surface area contributed by atoms with E-state index in [1.807, 2.05) is 0 Å². The number of aromatic carboxylic acids is 2. The fourth-order valence-corrected chi connectivity index (χ4v) is 5.19. The maximum atomic E-state index is 13.8. The van der Waals surface area contributed by atoms with E-state index in [0.29, 0.717) is 0 Å². The van der Waals surface area contributed by atoms with Gasteiger partial charge in [0.25, 0.3) is 0 Å². The smallest absolute Gasteiger partial charge is 0.340 e. The summed E-state index contributed by atoms with van der Waals surface area (Å²) in [6, 6.07) is 2.55. The number of Topliss-reactive ketones (excluding diaryl/α,β-unsaturated/α-hetero) is 3. The van der Waals surface area contributed by atoms with E-state index in [2.05, 4.69) is 0 Å². The van der Waals surface area contributed by atoms with Crippen molar-refractivity contribution in [1.82, 2.24) is 0 Å². The number of hydrogen-bond donors (Lipinski definition) is 6. The molecule has 2 heterocycles. The molecule has 214 valence electrons. The molecule has 0 spiro atoms. The molecule has 0 saturated heterocycles. The molecule has 0 fully saturated rings. The monoisotopic (exact) mass is 578 g/mol. The number of carbonyl (C=O) groups is 5. The predicted octanol–water partition coefficient (Wildman–Crippen LogP) is 2.93. The van der Waals surface area contributed by atoms with Crippen molar-refractivity contribution in [1.29, 1.82) is 0 Å². The molecule has 0 bridgehead atoms. The number of carboxylic acids is 2. The van der Waals surface area contributed by atoms with Gasteiger partial charge in [-0.15, -0.1) is 0 Å². The number of fused-ring (bicyclic) bond motifs is 3. The molecule has 42 heavy (non-hydrogen) atoms. The molecular formula is C28H18O14. The molecule has 1 aliphatic heterocycles. The number of carbonyl (C=O) groups excluding carboxylic acids is 3. The molecule has 3 aromatic carbocycles. The molecular weight excluding hydrogens is 560 g/mol. The van der Waals surface area contributed by atoms with Crippen LogP contribution in [0.3, 0.4) is 0 Å². The summed E-state index contributed by atoms with van der Waals surface area (Å²) in [6.07, 6.45) is 0. The third-order valence-corrected chi connectivity index (χ3v) is 6.97. The summed E-state index contributed by atoms with van der Waals surface area (Å²) in [6.45, 7) is 1.51. The van der Waals surface area contributed by atoms with Crippen molar-refractivity contribution in [2.45, 2.75) is 19.8 Å². The van der Waals surface area contributed by atoms with Gasteiger partial charge in [0.2, 0.25) is 5.43 Å². The van der Waals surface area contributed by atoms with Crippen molar-refractivity contribution in [3.8, 4) is 28.7 Å². The van der Waals surface area contributed by atoms with Gasteiger partial charge in [0.05, 0.1) is 27.8 Å². The van der Waals surface area contributed by atoms with E-state index in [1.165, 1.54) is 0 Å². The van der Waals surface area contributed by atoms with Crippen molar-refractivity contribution in [3.05, 3.63) is 61.8 Å². The van der Waals surface area contributed by atoms with E-state index in [4.69, 9.17) is 9.15 Å². The average Bonchev–Trinajstić information content (AvgIpc) is 2.89. The van der Waals surface area contributed by atoms with Gasteiger partial charge in [-0.25, -0.2) is 9.59 Å². The van der Waals surface area contributed by atoms with E-state index in [9.17, 15) is 59.4 Å². The number of benzene rings is 3. The number of phenols is 4. The third-order valence-electron chi connectivity index (χ3n) is 6.97. The lowest BCUT2D eigenvalue weighted by atomic mass is 9.79. The van der Waals surface area contributed by atoms with E-state index in [0.717, 1.165) is 32.0 Å². The minimum Gasteiger partial charge on any atom is -0.504 e. The van der Waals surface area contributed by atoms with Crippen molar-refractivity contribution in [2.75, 3.05) is 6.61 Å². The standard InChI is InChI=1S/C28H18O14/c1-7(29)9-3-10-22(33)19-15(5-13(32)25(36)21(19)28(39)40)42-26(10)16(8(2)30)17(9)11-6-41-14-4-12(31)24(35)20(27(37)38)18(14)23(11)34/h3-5,11,31-32,35-36H,6H2,1-2H3,(H,37,38)(H,39,40)/t11-/m0/s1. The summed E-state index contributed by atoms with van der Waals surface area (Å²) >= 11 is 0. The zero-order valence-corrected chi connectivity index (χ0v) is 21.5. The van der Waals surface area contributed by atoms with Crippen LogP contribution in [0.1, 0.15) is 77.1 Å². The topological polar surface area (TPSA) is 246 Å². The first-order valence-electron chi connectivity index (χ1n) is 11.9. The maximum Gasteiger partial charge on any atom is 0.340 e. The first kappa shape index (κ1) is 27.6. The van der Waals surface area contributed by atoms with E-state index >= 15 is 0 Å². The maximum absolute atomic E-state index is 13.8. The lowest BCUT2D eigenvalue weighted by molar-refractivity contribution is 0.0677. The highest BCUT2D eigenvalue weighted by Crippen LogP contribution is 2.45. The highest BCUT2D eigenvalue weighted by atomic mass is 16.5. The number of phenolic OH excluding ortho intramolecular Hbond substituents is 2. The fraction of sp³-hybridized carbons (Fsp3) is 0.143. The second-order valence-electron chi connectivity index (χ2n) is 9.46. The Labute approximate surface area is 232 Å². The fourth-order valence-electron chi connectivity index (χ4n) is 5.19. The van der Waals surface area contributed by atoms with Crippen LogP contribution in [-0.2, 0) is 0 Å². The Balaban J connectivity index is 1.92. The highest BCUT2D eigenvalue weighted by Gasteiger charge is 2.41. The lowest BCUT2D eigenvalue weighted by Crippen LogP contribution is -2.31. The van der Waals surface area contributed by atoms with E-state index in [-0.39, 0.29) is 16.9 Å². The SMILES string of the molecule is CC(=O)c1cc2c(=O)c3c(C(=O)O)c(O)c(O)cc3oc2c(C(C)=O)c1[C@@H]1COc2cc(O)c(O)c(C(=O)O)c2C1=O. The summed E-state index contributed by atoms with van der Waals surface area (Å²) in [5.74, 6) is -12.2. The van der Waals surface area contributed by atoms with Crippen LogP contribution in [0.4, 0.5) is 0 Å². The van der Waals surface area contributed by atoms with Gasteiger partial charge < -0.3 is 39.8 Å². The van der Waals surface area contributed by atoms with E-state index < -0.39 is 114 Å². The van der Waals surface area contributed by atoms with Gasteiger partial charge in [-0.3, -0.25) is 19.2 Å². The van der Waals surface area contributed by atoms with Gasteiger partial charge in [-0.2, -0.15) is 0 Å². The van der Waals surface area contributed by atoms with Crippen LogP contribution in [0.2, 0.25) is 0 Å². The molecule has 0 radical (unpaired) electrons. The number of ether oxygens (including phenoxy) is 1. The molecule has 0 unspecified atom stereocenters. The molecule has 1 aliphatic rings. The summed E-state index contributed by atoms with van der Waals surface area (Å²) in [5, 5.41) is 58.4. The Kier molecular flexibility index (Phi) is 6.14. The zero-order valence-electron chi connectivity index (χ0n) is 21.5. The zero-order chi connectivity index (χ0) is 30.9. The van der Waals surface area contributed by atoms with Crippen LogP contribution < -0.4 is 10.2 Å². The minimum absolute atomic E-state index is 0.300. The quantitative estimate of drug-likeness (QED) is 0.113. The number of ketones is 3. The average molecular weight is 578 g/mol. The van der Waals surface area contributed by atoms with Crippen LogP contribution in [0, 0.1) is 0 Å². The Bertz CT molecular complexity index is 2030. The molecule has 1 aromatic heterocycles. The normalized spacial score (nSPS) is 14.4. The van der Waals surface area contributed by atoms with Crippen LogP contribution in [0.15, 0.2) is 27.4 Å².